The summed E-state index contributed by atoms with van der Waals surface area (Å²) >= 11 is 0. The van der Waals surface area contributed by atoms with Gasteiger partial charge in [0.15, 0.2) is 14.5 Å². The van der Waals surface area contributed by atoms with Crippen LogP contribution in [-0.2, 0) is 13.9 Å². The summed E-state index contributed by atoms with van der Waals surface area (Å²) in [5.74, 6) is 1.55. The first kappa shape index (κ1) is 19.8. The van der Waals surface area contributed by atoms with Crippen LogP contribution in [0.25, 0.3) is 0 Å². The van der Waals surface area contributed by atoms with E-state index in [-0.39, 0.29) is 16.9 Å². The van der Waals surface area contributed by atoms with Gasteiger partial charge < -0.3 is 19.1 Å². The third kappa shape index (κ3) is 3.85. The van der Waals surface area contributed by atoms with Crippen LogP contribution < -0.4 is 0 Å². The summed E-state index contributed by atoms with van der Waals surface area (Å²) in [7, 11) is 1.39. The molecule has 6 heteroatoms. The molecule has 25 heavy (non-hydrogen) atoms. The minimum Gasteiger partial charge on any atom is -0.619 e. The zero-order valence-electron chi connectivity index (χ0n) is 16.7. The average Bonchev–Trinajstić information content (AvgIpc) is 2.51. The van der Waals surface area contributed by atoms with Gasteiger partial charge in [-0.2, -0.15) is 4.74 Å². The van der Waals surface area contributed by atoms with Crippen LogP contribution in [0.2, 0.25) is 18.1 Å². The van der Waals surface area contributed by atoms with E-state index in [2.05, 4.69) is 33.9 Å². The highest BCUT2D eigenvalue weighted by Gasteiger charge is 2.40. The molecule has 0 amide bonds. The Balaban J connectivity index is 2.27. The third-order valence-electron chi connectivity index (χ3n) is 5.59. The molecule has 2 unspecified atom stereocenters. The highest BCUT2D eigenvalue weighted by molar-refractivity contribution is 6.74. The summed E-state index contributed by atoms with van der Waals surface area (Å²) < 4.78 is 18.2. The van der Waals surface area contributed by atoms with Gasteiger partial charge in [-0.25, -0.2) is 0 Å². The Morgan fingerprint density at radius 3 is 2.32 bits per heavy atom. The molecule has 0 fully saturated rings. The van der Waals surface area contributed by atoms with Crippen molar-refractivity contribution >= 4 is 14.5 Å². The Morgan fingerprint density at radius 1 is 1.16 bits per heavy atom. The summed E-state index contributed by atoms with van der Waals surface area (Å²) in [5.41, 5.74) is 1.61. The Labute approximate surface area is 152 Å². The summed E-state index contributed by atoms with van der Waals surface area (Å²) in [6, 6.07) is 0. The molecule has 1 heterocycles. The molecule has 1 aliphatic carbocycles. The molecule has 0 saturated carbocycles. The lowest BCUT2D eigenvalue weighted by Crippen LogP contribution is -2.42. The number of hydroxylamine groups is 1. The fourth-order valence-corrected chi connectivity index (χ4v) is 3.84. The van der Waals surface area contributed by atoms with Gasteiger partial charge in [0.05, 0.1) is 26.1 Å². The second-order valence-electron chi connectivity index (χ2n) is 8.21. The van der Waals surface area contributed by atoms with E-state index >= 15 is 0 Å². The van der Waals surface area contributed by atoms with Gasteiger partial charge in [0.1, 0.15) is 18.1 Å². The van der Waals surface area contributed by atoms with Gasteiger partial charge in [0.25, 0.3) is 0 Å². The molecule has 2 atom stereocenters. The first-order valence-electron chi connectivity index (χ1n) is 8.68. The lowest BCUT2D eigenvalue weighted by Gasteiger charge is -2.36. The predicted molar refractivity (Wildman–Crippen MR) is 103 cm³/mol. The van der Waals surface area contributed by atoms with E-state index in [4.69, 9.17) is 13.9 Å². The molecule has 0 saturated heterocycles. The lowest BCUT2D eigenvalue weighted by molar-refractivity contribution is -0.407. The molecule has 0 aromatic carbocycles. The van der Waals surface area contributed by atoms with Gasteiger partial charge in [-0.3, -0.25) is 0 Å². The molecule has 0 spiro atoms. The van der Waals surface area contributed by atoms with Crippen molar-refractivity contribution in [1.82, 2.24) is 0 Å². The first-order chi connectivity index (χ1) is 11.5. The van der Waals surface area contributed by atoms with Crippen molar-refractivity contribution in [3.05, 3.63) is 40.1 Å². The molecule has 1 aliphatic heterocycles. The predicted octanol–water partition coefficient (Wildman–Crippen LogP) is 4.18. The van der Waals surface area contributed by atoms with Crippen LogP contribution in [-0.4, -0.2) is 40.1 Å². The summed E-state index contributed by atoms with van der Waals surface area (Å²) in [4.78, 5) is 0. The number of fused-ring (bicyclic) bond motifs is 1. The monoisotopic (exact) mass is 365 g/mol. The molecule has 2 rings (SSSR count). The summed E-state index contributed by atoms with van der Waals surface area (Å²) in [6.07, 6.45) is 5.64. The topological polar surface area (TPSA) is 53.8 Å². The maximum atomic E-state index is 12.5. The van der Waals surface area contributed by atoms with Gasteiger partial charge in [-0.05, 0) is 37.2 Å². The van der Waals surface area contributed by atoms with Crippen LogP contribution >= 0.6 is 0 Å². The van der Waals surface area contributed by atoms with Crippen molar-refractivity contribution in [2.45, 2.75) is 45.8 Å². The SMILES string of the molecule is COC1=CC2C=[N+]([O-])C(CO[Si](C)(C)C(C)(C)C)=CC2C(OC)=C1C. The van der Waals surface area contributed by atoms with Crippen LogP contribution in [0.3, 0.4) is 0 Å². The van der Waals surface area contributed by atoms with Crippen LogP contribution in [0.1, 0.15) is 27.7 Å². The normalized spacial score (nSPS) is 24.2. The maximum Gasteiger partial charge on any atom is 0.213 e. The Morgan fingerprint density at radius 2 is 1.80 bits per heavy atom. The quantitative estimate of drug-likeness (QED) is 0.416. The standard InChI is InChI=1S/C19H31NO4Si/c1-13-17(22-5)9-14-11-20(21)15(10-16(14)18(13)23-6)12-24-25(7,8)19(2,3)4/h9-11,14,16H,12H2,1-8H3. The van der Waals surface area contributed by atoms with Crippen LogP contribution in [0.15, 0.2) is 34.9 Å². The average molecular weight is 366 g/mol. The molecule has 0 radical (unpaired) electrons. The van der Waals surface area contributed by atoms with E-state index in [9.17, 15) is 5.21 Å². The van der Waals surface area contributed by atoms with Crippen molar-refractivity contribution in [2.75, 3.05) is 20.8 Å². The van der Waals surface area contributed by atoms with Gasteiger partial charge in [-0.1, -0.05) is 20.8 Å². The molecular formula is C19H31NO4Si. The highest BCUT2D eigenvalue weighted by Crippen LogP contribution is 2.39. The number of allylic oxidation sites excluding steroid dienone is 3. The molecule has 0 aromatic rings. The molecule has 140 valence electrons. The molecule has 0 aromatic heterocycles. The molecule has 0 N–H and O–H groups in total. The number of hydrogen-bond donors (Lipinski definition) is 0. The number of methoxy groups -OCH3 is 2. The van der Waals surface area contributed by atoms with Gasteiger partial charge >= 0.3 is 0 Å². The molecular weight excluding hydrogens is 334 g/mol. The molecule has 0 bridgehead atoms. The van der Waals surface area contributed by atoms with Crippen molar-refractivity contribution in [3.63, 3.8) is 0 Å². The van der Waals surface area contributed by atoms with Crippen molar-refractivity contribution in [1.29, 1.82) is 0 Å². The van der Waals surface area contributed by atoms with Crippen molar-refractivity contribution in [3.8, 4) is 0 Å². The van der Waals surface area contributed by atoms with Gasteiger partial charge in [0, 0.05) is 5.57 Å². The Bertz CT molecular complexity index is 653. The maximum absolute atomic E-state index is 12.5. The Kier molecular flexibility index (Phi) is 5.54. The van der Waals surface area contributed by atoms with Crippen molar-refractivity contribution < 1.29 is 18.6 Å². The smallest absolute Gasteiger partial charge is 0.213 e. The van der Waals surface area contributed by atoms with Gasteiger partial charge in [-0.15, -0.1) is 0 Å². The van der Waals surface area contributed by atoms with E-state index < -0.39 is 8.32 Å². The first-order valence-corrected chi connectivity index (χ1v) is 11.6. The van der Waals surface area contributed by atoms with Crippen LogP contribution in [0.5, 0.6) is 0 Å². The number of hydrogen-bond acceptors (Lipinski definition) is 4. The number of rotatable bonds is 5. The number of nitrogens with zero attached hydrogens (tertiary/aromatic N) is 1. The van der Waals surface area contributed by atoms with Crippen LogP contribution in [0, 0.1) is 17.0 Å². The zero-order chi connectivity index (χ0) is 19.0. The zero-order valence-corrected chi connectivity index (χ0v) is 17.7. The number of ether oxygens (including phenoxy) is 2. The fraction of sp³-hybridized carbons (Fsp3) is 0.632. The Hall–Kier alpha value is -1.53. The van der Waals surface area contributed by atoms with E-state index in [1.54, 1.807) is 20.4 Å². The summed E-state index contributed by atoms with van der Waals surface area (Å²) in [6.45, 7) is 13.3. The van der Waals surface area contributed by atoms with E-state index in [1.165, 1.54) is 0 Å². The molecule has 2 aliphatic rings. The fourth-order valence-electron chi connectivity index (χ4n) is 2.90. The second kappa shape index (κ2) is 7.00. The third-order valence-corrected chi connectivity index (χ3v) is 10.1. The lowest BCUT2D eigenvalue weighted by atomic mass is 9.82. The minimum absolute atomic E-state index is 0.00659. The highest BCUT2D eigenvalue weighted by atomic mass is 28.4. The van der Waals surface area contributed by atoms with E-state index in [1.807, 2.05) is 19.1 Å². The minimum atomic E-state index is -1.91. The van der Waals surface area contributed by atoms with Crippen LogP contribution in [0.4, 0.5) is 0 Å². The van der Waals surface area contributed by atoms with E-state index in [0.29, 0.717) is 12.3 Å². The van der Waals surface area contributed by atoms with Crippen molar-refractivity contribution in [2.24, 2.45) is 11.8 Å². The molecule has 5 nitrogen and oxygen atoms in total. The van der Waals surface area contributed by atoms with E-state index in [0.717, 1.165) is 21.8 Å². The van der Waals surface area contributed by atoms with Gasteiger partial charge in [0.2, 0.25) is 5.70 Å². The second-order valence-corrected chi connectivity index (χ2v) is 13.0. The summed E-state index contributed by atoms with van der Waals surface area (Å²) in [5, 5.41) is 12.6. The largest absolute Gasteiger partial charge is 0.619 e.